The van der Waals surface area contributed by atoms with Crippen LogP contribution in [0.25, 0.3) is 0 Å². The van der Waals surface area contributed by atoms with E-state index < -0.39 is 5.67 Å². The number of nitrogens with one attached hydrogen (secondary N) is 1. The number of aliphatic imine (C=N–C) groups is 1. The number of allylic oxidation sites excluding steroid dienone is 5. The Bertz CT molecular complexity index is 767. The average Bonchev–Trinajstić information content (AvgIpc) is 2.54. The highest BCUT2D eigenvalue weighted by atomic mass is 19.1. The van der Waals surface area contributed by atoms with E-state index in [1.165, 1.54) is 0 Å². The van der Waals surface area contributed by atoms with Crippen LogP contribution in [-0.4, -0.2) is 24.7 Å². The lowest BCUT2D eigenvalue weighted by atomic mass is 9.88. The van der Waals surface area contributed by atoms with E-state index >= 15 is 0 Å². The fourth-order valence-electron chi connectivity index (χ4n) is 3.10. The van der Waals surface area contributed by atoms with Gasteiger partial charge in [0.25, 0.3) is 5.91 Å². The molecule has 4 heteroatoms. The number of halogens is 1. The first-order valence-corrected chi connectivity index (χ1v) is 7.82. The average molecular weight is 308 g/mol. The molecule has 23 heavy (non-hydrogen) atoms. The zero-order valence-corrected chi connectivity index (χ0v) is 12.6. The lowest BCUT2D eigenvalue weighted by Crippen LogP contribution is -2.53. The number of rotatable bonds is 3. The van der Waals surface area contributed by atoms with Crippen LogP contribution in [-0.2, 0) is 16.9 Å². The molecule has 1 unspecified atom stereocenters. The standard InChI is InChI=1S/C19H17FN2O/c20-19(11-21-12-19)16-7-5-13(6-8-16)9-15-10-14-3-1-2-4-17(14)22-18(15)23/h1-8,10,14,21H,9,11-12H2. The summed E-state index contributed by atoms with van der Waals surface area (Å²) in [5.41, 5.74) is 1.96. The summed E-state index contributed by atoms with van der Waals surface area (Å²) in [6.07, 6.45) is 10.3. The molecule has 1 aliphatic carbocycles. The van der Waals surface area contributed by atoms with Crippen LogP contribution < -0.4 is 5.32 Å². The lowest BCUT2D eigenvalue weighted by molar-refractivity contribution is -0.114. The Balaban J connectivity index is 1.52. The Kier molecular flexibility index (Phi) is 3.34. The molecule has 0 spiro atoms. The summed E-state index contributed by atoms with van der Waals surface area (Å²) >= 11 is 0. The van der Waals surface area contributed by atoms with Crippen LogP contribution in [0, 0.1) is 5.92 Å². The lowest BCUT2D eigenvalue weighted by Gasteiger charge is -2.35. The summed E-state index contributed by atoms with van der Waals surface area (Å²) in [6.45, 7) is 0.740. The molecule has 3 nitrogen and oxygen atoms in total. The Morgan fingerprint density at radius 3 is 2.70 bits per heavy atom. The highest BCUT2D eigenvalue weighted by Gasteiger charge is 2.38. The van der Waals surface area contributed by atoms with Gasteiger partial charge in [0.2, 0.25) is 0 Å². The second kappa shape index (κ2) is 5.39. The zero-order chi connectivity index (χ0) is 15.9. The van der Waals surface area contributed by atoms with Gasteiger partial charge in [-0.1, -0.05) is 48.6 Å². The molecule has 1 aromatic rings. The van der Waals surface area contributed by atoms with Crippen molar-refractivity contribution in [3.05, 3.63) is 71.3 Å². The van der Waals surface area contributed by atoms with E-state index in [0.717, 1.165) is 11.3 Å². The molecule has 0 aromatic heterocycles. The molecule has 2 heterocycles. The fourth-order valence-corrected chi connectivity index (χ4v) is 3.10. The van der Waals surface area contributed by atoms with E-state index in [2.05, 4.69) is 10.3 Å². The summed E-state index contributed by atoms with van der Waals surface area (Å²) in [5, 5.41) is 2.96. The first-order chi connectivity index (χ1) is 11.1. The van der Waals surface area contributed by atoms with Gasteiger partial charge in [0.1, 0.15) is 0 Å². The van der Waals surface area contributed by atoms with Gasteiger partial charge in [-0.05, 0) is 17.2 Å². The van der Waals surface area contributed by atoms with Crippen LogP contribution in [0.4, 0.5) is 4.39 Å². The molecule has 1 saturated heterocycles. The van der Waals surface area contributed by atoms with Crippen molar-refractivity contribution < 1.29 is 9.18 Å². The summed E-state index contributed by atoms with van der Waals surface area (Å²) in [5.74, 6) is -0.0902. The molecular weight excluding hydrogens is 291 g/mol. The normalized spacial score (nSPS) is 24.6. The van der Waals surface area contributed by atoms with Gasteiger partial charge in [-0.3, -0.25) is 4.79 Å². The van der Waals surface area contributed by atoms with Gasteiger partial charge in [-0.2, -0.15) is 0 Å². The third kappa shape index (κ3) is 2.59. The third-order valence-corrected chi connectivity index (χ3v) is 4.60. The van der Waals surface area contributed by atoms with Crippen molar-refractivity contribution in [2.24, 2.45) is 10.9 Å². The molecule has 1 aromatic carbocycles. The van der Waals surface area contributed by atoms with Crippen LogP contribution >= 0.6 is 0 Å². The number of amides is 1. The minimum atomic E-state index is -1.24. The van der Waals surface area contributed by atoms with Gasteiger partial charge < -0.3 is 5.32 Å². The predicted molar refractivity (Wildman–Crippen MR) is 88.1 cm³/mol. The summed E-state index contributed by atoms with van der Waals surface area (Å²) in [7, 11) is 0. The van der Waals surface area contributed by atoms with Crippen LogP contribution in [0.15, 0.2) is 65.2 Å². The minimum absolute atomic E-state index is 0.0853. The minimum Gasteiger partial charge on any atom is -0.310 e. The smallest absolute Gasteiger partial charge is 0.273 e. The quantitative estimate of drug-likeness (QED) is 0.932. The first-order valence-electron chi connectivity index (χ1n) is 7.82. The molecule has 1 N–H and O–H groups in total. The number of carbonyl (C=O) groups is 1. The molecule has 3 aliphatic rings. The monoisotopic (exact) mass is 308 g/mol. The zero-order valence-electron chi connectivity index (χ0n) is 12.6. The number of alkyl halides is 1. The number of carbonyl (C=O) groups excluding carboxylic acids is 1. The van der Waals surface area contributed by atoms with Crippen LogP contribution in [0.1, 0.15) is 11.1 Å². The van der Waals surface area contributed by atoms with Crippen molar-refractivity contribution in [1.82, 2.24) is 5.32 Å². The maximum atomic E-state index is 14.3. The van der Waals surface area contributed by atoms with Gasteiger partial charge >= 0.3 is 0 Å². The second-order valence-electron chi connectivity index (χ2n) is 6.25. The molecule has 2 aliphatic heterocycles. The highest BCUT2D eigenvalue weighted by molar-refractivity contribution is 6.13. The molecule has 4 rings (SSSR count). The molecule has 116 valence electrons. The first kappa shape index (κ1) is 14.3. The van der Waals surface area contributed by atoms with E-state index in [0.29, 0.717) is 30.6 Å². The largest absolute Gasteiger partial charge is 0.310 e. The van der Waals surface area contributed by atoms with Crippen LogP contribution in [0.3, 0.4) is 0 Å². The van der Waals surface area contributed by atoms with Crippen LogP contribution in [0.5, 0.6) is 0 Å². The summed E-state index contributed by atoms with van der Waals surface area (Å²) in [6, 6.07) is 7.45. The van der Waals surface area contributed by atoms with Crippen molar-refractivity contribution in [3.63, 3.8) is 0 Å². The Hall–Kier alpha value is -2.33. The van der Waals surface area contributed by atoms with E-state index in [4.69, 9.17) is 0 Å². The van der Waals surface area contributed by atoms with E-state index in [-0.39, 0.29) is 11.8 Å². The topological polar surface area (TPSA) is 41.5 Å². The second-order valence-corrected chi connectivity index (χ2v) is 6.25. The van der Waals surface area contributed by atoms with Crippen molar-refractivity contribution in [1.29, 1.82) is 0 Å². The van der Waals surface area contributed by atoms with E-state index in [9.17, 15) is 9.18 Å². The Labute approximate surface area is 134 Å². The number of dihydropyridines is 1. The molecular formula is C19H17FN2O. The molecule has 1 fully saturated rings. The maximum absolute atomic E-state index is 14.3. The van der Waals surface area contributed by atoms with Crippen molar-refractivity contribution in [3.8, 4) is 0 Å². The fraction of sp³-hybridized carbons (Fsp3) is 0.263. The Morgan fingerprint density at radius 2 is 2.00 bits per heavy atom. The third-order valence-electron chi connectivity index (χ3n) is 4.60. The maximum Gasteiger partial charge on any atom is 0.273 e. The van der Waals surface area contributed by atoms with Gasteiger partial charge in [0.05, 0.1) is 5.71 Å². The van der Waals surface area contributed by atoms with Gasteiger partial charge in [0, 0.05) is 31.0 Å². The molecule has 0 bridgehead atoms. The van der Waals surface area contributed by atoms with Gasteiger partial charge in [-0.15, -0.1) is 0 Å². The van der Waals surface area contributed by atoms with Gasteiger partial charge in [0.15, 0.2) is 5.67 Å². The number of hydrogen-bond acceptors (Lipinski definition) is 2. The number of benzene rings is 1. The molecule has 0 saturated carbocycles. The number of hydrogen-bond donors (Lipinski definition) is 1. The van der Waals surface area contributed by atoms with Crippen molar-refractivity contribution in [2.45, 2.75) is 12.1 Å². The van der Waals surface area contributed by atoms with Crippen LogP contribution in [0.2, 0.25) is 0 Å². The van der Waals surface area contributed by atoms with E-state index in [1.807, 2.05) is 54.6 Å². The highest BCUT2D eigenvalue weighted by Crippen LogP contribution is 2.30. The number of fused-ring (bicyclic) bond motifs is 1. The SMILES string of the molecule is O=C1N=C2C=CC=CC2C=C1Cc1ccc(C2(F)CNC2)cc1. The molecule has 1 amide bonds. The predicted octanol–water partition coefficient (Wildman–Crippen LogP) is 2.65. The summed E-state index contributed by atoms with van der Waals surface area (Å²) in [4.78, 5) is 16.3. The number of nitrogens with zero attached hydrogens (tertiary/aromatic N) is 1. The molecule has 0 radical (unpaired) electrons. The summed E-state index contributed by atoms with van der Waals surface area (Å²) < 4.78 is 14.3. The van der Waals surface area contributed by atoms with Gasteiger partial charge in [-0.25, -0.2) is 9.38 Å². The van der Waals surface area contributed by atoms with E-state index in [1.54, 1.807) is 0 Å². The Morgan fingerprint density at radius 1 is 1.22 bits per heavy atom. The van der Waals surface area contributed by atoms with Crippen molar-refractivity contribution in [2.75, 3.05) is 13.1 Å². The van der Waals surface area contributed by atoms with Crippen molar-refractivity contribution >= 4 is 11.6 Å². The molecule has 1 atom stereocenters.